The fourth-order valence-electron chi connectivity index (χ4n) is 2.36. The predicted molar refractivity (Wildman–Crippen MR) is 112 cm³/mol. The highest BCUT2D eigenvalue weighted by molar-refractivity contribution is 7.99. The normalized spacial score (nSPS) is 10.8. The van der Waals surface area contributed by atoms with Crippen LogP contribution in [0.4, 0.5) is 10.1 Å². The molecule has 1 amide bonds. The molecule has 6 nitrogen and oxygen atoms in total. The molecular weight excluding hydrogens is 438 g/mol. The molecule has 0 saturated heterocycles. The lowest BCUT2D eigenvalue weighted by molar-refractivity contribution is -0.113. The van der Waals surface area contributed by atoms with Gasteiger partial charge in [-0.2, -0.15) is 0 Å². The summed E-state index contributed by atoms with van der Waals surface area (Å²) in [7, 11) is 1.78. The molecule has 0 aliphatic rings. The van der Waals surface area contributed by atoms with Crippen LogP contribution in [0, 0.1) is 12.7 Å². The molecule has 0 saturated carbocycles. The van der Waals surface area contributed by atoms with Gasteiger partial charge in [0.25, 0.3) is 0 Å². The van der Waals surface area contributed by atoms with Crippen LogP contribution in [-0.4, -0.2) is 26.4 Å². The maximum Gasteiger partial charge on any atom is 0.234 e. The molecule has 3 aromatic rings. The van der Waals surface area contributed by atoms with Crippen molar-refractivity contribution in [3.63, 3.8) is 0 Å². The first-order valence-corrected chi connectivity index (χ1v) is 10.2. The average molecular weight is 455 g/mol. The smallest absolute Gasteiger partial charge is 0.234 e. The molecule has 29 heavy (non-hydrogen) atoms. The molecule has 10 heteroatoms. The Morgan fingerprint density at radius 2 is 2.03 bits per heavy atom. The van der Waals surface area contributed by atoms with Crippen molar-refractivity contribution in [2.75, 3.05) is 11.1 Å². The van der Waals surface area contributed by atoms with E-state index in [9.17, 15) is 9.18 Å². The second-order valence-electron chi connectivity index (χ2n) is 6.12. The third kappa shape index (κ3) is 5.62. The van der Waals surface area contributed by atoms with E-state index < -0.39 is 5.82 Å². The van der Waals surface area contributed by atoms with E-state index in [2.05, 4.69) is 15.5 Å². The Balaban J connectivity index is 1.55. The number of nitrogens with one attached hydrogen (secondary N) is 1. The molecule has 0 fully saturated rings. The summed E-state index contributed by atoms with van der Waals surface area (Å²) in [5, 5.41) is 12.1. The Morgan fingerprint density at radius 3 is 2.79 bits per heavy atom. The zero-order chi connectivity index (χ0) is 21.0. The number of carbonyl (C=O) groups is 1. The first kappa shape index (κ1) is 21.4. The van der Waals surface area contributed by atoms with Gasteiger partial charge >= 0.3 is 0 Å². The zero-order valence-electron chi connectivity index (χ0n) is 15.6. The van der Waals surface area contributed by atoms with Crippen LogP contribution >= 0.6 is 35.0 Å². The number of hydrogen-bond acceptors (Lipinski definition) is 5. The number of benzene rings is 2. The van der Waals surface area contributed by atoms with Crippen molar-refractivity contribution in [1.29, 1.82) is 0 Å². The van der Waals surface area contributed by atoms with Crippen LogP contribution < -0.4 is 10.1 Å². The zero-order valence-corrected chi connectivity index (χ0v) is 17.9. The molecule has 2 aromatic carbocycles. The second-order valence-corrected chi connectivity index (χ2v) is 7.90. The van der Waals surface area contributed by atoms with Gasteiger partial charge in [-0.15, -0.1) is 10.2 Å². The largest absolute Gasteiger partial charge is 0.486 e. The minimum atomic E-state index is -0.511. The van der Waals surface area contributed by atoms with Gasteiger partial charge in [-0.1, -0.05) is 41.0 Å². The first-order chi connectivity index (χ1) is 13.8. The Labute approximate surface area is 181 Å². The standard InChI is InChI=1S/C19H17Cl2FN4O2S/c1-11-3-4-12(20)7-16(11)23-18(27)10-29-19-25-24-17(26(19)2)9-28-13-5-6-15(22)14(21)8-13/h3-8H,9-10H2,1-2H3,(H,23,27). The Morgan fingerprint density at radius 1 is 1.24 bits per heavy atom. The number of thioether (sulfide) groups is 1. The van der Waals surface area contributed by atoms with Crippen LogP contribution in [0.15, 0.2) is 41.6 Å². The third-order valence-electron chi connectivity index (χ3n) is 3.99. The average Bonchev–Trinajstić information content (AvgIpc) is 3.04. The molecule has 0 bridgehead atoms. The Hall–Kier alpha value is -2.29. The quantitative estimate of drug-likeness (QED) is 0.515. The number of hydrogen-bond donors (Lipinski definition) is 1. The minimum Gasteiger partial charge on any atom is -0.486 e. The highest BCUT2D eigenvalue weighted by Crippen LogP contribution is 2.23. The molecular formula is C19H17Cl2FN4O2S. The summed E-state index contributed by atoms with van der Waals surface area (Å²) in [5.74, 6) is 0.445. The molecule has 3 rings (SSSR count). The van der Waals surface area contributed by atoms with Crippen LogP contribution in [-0.2, 0) is 18.4 Å². The Kier molecular flexibility index (Phi) is 7.00. The van der Waals surface area contributed by atoms with Crippen molar-refractivity contribution in [1.82, 2.24) is 14.8 Å². The van der Waals surface area contributed by atoms with Crippen molar-refractivity contribution in [2.45, 2.75) is 18.7 Å². The van der Waals surface area contributed by atoms with E-state index in [1.54, 1.807) is 23.7 Å². The summed E-state index contributed by atoms with van der Waals surface area (Å²) in [4.78, 5) is 12.2. The SMILES string of the molecule is Cc1ccc(Cl)cc1NC(=O)CSc1nnc(COc2ccc(F)c(Cl)c2)n1C. The summed E-state index contributed by atoms with van der Waals surface area (Å²) < 4.78 is 20.5. The number of amides is 1. The molecule has 0 unspecified atom stereocenters. The van der Waals surface area contributed by atoms with E-state index in [-0.39, 0.29) is 23.3 Å². The number of nitrogens with zero attached hydrogens (tertiary/aromatic N) is 3. The van der Waals surface area contributed by atoms with E-state index in [1.165, 1.54) is 30.0 Å². The Bertz CT molecular complexity index is 1050. The third-order valence-corrected chi connectivity index (χ3v) is 5.54. The van der Waals surface area contributed by atoms with Gasteiger partial charge in [0.1, 0.15) is 18.2 Å². The van der Waals surface area contributed by atoms with Gasteiger partial charge in [0.15, 0.2) is 11.0 Å². The number of anilines is 1. The molecule has 0 aliphatic heterocycles. The van der Waals surface area contributed by atoms with Crippen LogP contribution in [0.5, 0.6) is 5.75 Å². The van der Waals surface area contributed by atoms with Crippen molar-refractivity contribution < 1.29 is 13.9 Å². The van der Waals surface area contributed by atoms with Gasteiger partial charge in [0.2, 0.25) is 5.91 Å². The molecule has 1 N–H and O–H groups in total. The molecule has 1 heterocycles. The van der Waals surface area contributed by atoms with Crippen LogP contribution in [0.3, 0.4) is 0 Å². The predicted octanol–water partition coefficient (Wildman–Crippen LogP) is 4.88. The maximum atomic E-state index is 13.2. The lowest BCUT2D eigenvalue weighted by Gasteiger charge is -2.09. The summed E-state index contributed by atoms with van der Waals surface area (Å²) in [5.41, 5.74) is 1.60. The van der Waals surface area contributed by atoms with Gasteiger partial charge in [0.05, 0.1) is 10.8 Å². The van der Waals surface area contributed by atoms with Gasteiger partial charge in [-0.05, 0) is 36.8 Å². The number of ether oxygens (including phenoxy) is 1. The summed E-state index contributed by atoms with van der Waals surface area (Å²) in [6.45, 7) is 2.02. The second kappa shape index (κ2) is 9.47. The highest BCUT2D eigenvalue weighted by Gasteiger charge is 2.13. The lowest BCUT2D eigenvalue weighted by Crippen LogP contribution is -2.15. The highest BCUT2D eigenvalue weighted by atomic mass is 35.5. The van der Waals surface area contributed by atoms with E-state index in [1.807, 2.05) is 13.0 Å². The van der Waals surface area contributed by atoms with E-state index in [4.69, 9.17) is 27.9 Å². The number of rotatable bonds is 7. The topological polar surface area (TPSA) is 69.0 Å². The molecule has 152 valence electrons. The van der Waals surface area contributed by atoms with Gasteiger partial charge in [-0.3, -0.25) is 4.79 Å². The van der Waals surface area contributed by atoms with Crippen molar-refractivity contribution >= 4 is 46.6 Å². The fourth-order valence-corrected chi connectivity index (χ4v) is 3.43. The number of aromatic nitrogens is 3. The molecule has 0 aliphatic carbocycles. The monoisotopic (exact) mass is 454 g/mol. The summed E-state index contributed by atoms with van der Waals surface area (Å²) in [6, 6.07) is 9.42. The van der Waals surface area contributed by atoms with Crippen molar-refractivity contribution in [3.8, 4) is 5.75 Å². The summed E-state index contributed by atoms with van der Waals surface area (Å²) >= 11 is 13.0. The minimum absolute atomic E-state index is 0.0161. The van der Waals surface area contributed by atoms with Crippen molar-refractivity contribution in [2.24, 2.45) is 7.05 Å². The molecule has 1 aromatic heterocycles. The lowest BCUT2D eigenvalue weighted by atomic mass is 10.2. The summed E-state index contributed by atoms with van der Waals surface area (Å²) in [6.07, 6.45) is 0. The number of aryl methyl sites for hydroxylation is 1. The number of halogens is 3. The van der Waals surface area contributed by atoms with E-state index in [0.29, 0.717) is 27.4 Å². The fraction of sp³-hybridized carbons (Fsp3) is 0.211. The van der Waals surface area contributed by atoms with Crippen LogP contribution in [0.25, 0.3) is 0 Å². The van der Waals surface area contributed by atoms with Crippen LogP contribution in [0.2, 0.25) is 10.0 Å². The van der Waals surface area contributed by atoms with E-state index >= 15 is 0 Å². The number of carbonyl (C=O) groups excluding carboxylic acids is 1. The van der Waals surface area contributed by atoms with Crippen LogP contribution in [0.1, 0.15) is 11.4 Å². The van der Waals surface area contributed by atoms with Gasteiger partial charge in [0, 0.05) is 23.8 Å². The molecule has 0 spiro atoms. The maximum absolute atomic E-state index is 13.2. The van der Waals surface area contributed by atoms with Gasteiger partial charge < -0.3 is 14.6 Å². The van der Waals surface area contributed by atoms with Crippen molar-refractivity contribution in [3.05, 3.63) is 63.6 Å². The molecule has 0 atom stereocenters. The van der Waals surface area contributed by atoms with E-state index in [0.717, 1.165) is 5.56 Å². The van der Waals surface area contributed by atoms with Gasteiger partial charge in [-0.25, -0.2) is 4.39 Å². The molecule has 0 radical (unpaired) electrons. The first-order valence-electron chi connectivity index (χ1n) is 8.48.